The zero-order valence-electron chi connectivity index (χ0n) is 13.0. The van der Waals surface area contributed by atoms with Gasteiger partial charge in [-0.3, -0.25) is 19.5 Å². The monoisotopic (exact) mass is 313 g/mol. The molecule has 1 aromatic heterocycles. The van der Waals surface area contributed by atoms with Crippen LogP contribution in [0.1, 0.15) is 12.0 Å². The molecule has 0 spiro atoms. The number of amides is 1. The average Bonchev–Trinajstić information content (AvgIpc) is 2.58. The second-order valence-corrected chi connectivity index (χ2v) is 5.55. The van der Waals surface area contributed by atoms with Gasteiger partial charge in [-0.05, 0) is 11.6 Å². The molecule has 0 bridgehead atoms. The molecule has 1 saturated heterocycles. The number of hydrogen-bond donors (Lipinski definition) is 1. The number of methoxy groups -OCH3 is 1. The van der Waals surface area contributed by atoms with Gasteiger partial charge in [0.1, 0.15) is 6.04 Å². The van der Waals surface area contributed by atoms with Crippen molar-refractivity contribution < 1.29 is 14.3 Å². The molecule has 1 aromatic carbocycles. The summed E-state index contributed by atoms with van der Waals surface area (Å²) in [6, 6.07) is 9.42. The van der Waals surface area contributed by atoms with E-state index in [9.17, 15) is 9.59 Å². The number of aromatic nitrogens is 1. The lowest BCUT2D eigenvalue weighted by molar-refractivity contribution is -0.146. The Bertz CT molecular complexity index is 727. The lowest BCUT2D eigenvalue weighted by atomic mass is 10.1. The van der Waals surface area contributed by atoms with Crippen LogP contribution >= 0.6 is 0 Å². The fraction of sp³-hybridized carbons (Fsp3) is 0.353. The van der Waals surface area contributed by atoms with Gasteiger partial charge in [0, 0.05) is 31.2 Å². The van der Waals surface area contributed by atoms with Crippen molar-refractivity contribution in [3.05, 3.63) is 42.1 Å². The van der Waals surface area contributed by atoms with E-state index in [2.05, 4.69) is 10.3 Å². The van der Waals surface area contributed by atoms with Crippen molar-refractivity contribution in [2.45, 2.75) is 19.0 Å². The van der Waals surface area contributed by atoms with Gasteiger partial charge in [-0.2, -0.15) is 0 Å². The third-order valence-electron chi connectivity index (χ3n) is 4.12. The van der Waals surface area contributed by atoms with E-state index < -0.39 is 6.04 Å². The van der Waals surface area contributed by atoms with Crippen LogP contribution in [0.2, 0.25) is 0 Å². The predicted molar refractivity (Wildman–Crippen MR) is 85.6 cm³/mol. The third-order valence-corrected chi connectivity index (χ3v) is 4.12. The van der Waals surface area contributed by atoms with Crippen LogP contribution in [0.4, 0.5) is 0 Å². The molecule has 3 rings (SSSR count). The summed E-state index contributed by atoms with van der Waals surface area (Å²) in [5.74, 6) is -0.511. The highest BCUT2D eigenvalue weighted by Gasteiger charge is 2.32. The van der Waals surface area contributed by atoms with E-state index in [1.807, 2.05) is 35.2 Å². The number of piperazine rings is 1. The first-order valence-corrected chi connectivity index (χ1v) is 7.60. The summed E-state index contributed by atoms with van der Waals surface area (Å²) in [6.07, 6.45) is 1.82. The molecular formula is C17H19N3O3. The van der Waals surface area contributed by atoms with E-state index in [1.165, 1.54) is 7.11 Å². The quantitative estimate of drug-likeness (QED) is 0.856. The largest absolute Gasteiger partial charge is 0.469 e. The molecule has 0 radical (unpaired) electrons. The highest BCUT2D eigenvalue weighted by atomic mass is 16.5. The number of fused-ring (bicyclic) bond motifs is 1. The van der Waals surface area contributed by atoms with Crippen molar-refractivity contribution in [1.29, 1.82) is 0 Å². The summed E-state index contributed by atoms with van der Waals surface area (Å²) >= 11 is 0. The SMILES string of the molecule is COC(=O)CC1C(=O)NCCN1Cc1cccc2cccnc12. The van der Waals surface area contributed by atoms with E-state index in [1.54, 1.807) is 6.20 Å². The maximum atomic E-state index is 12.1. The zero-order valence-corrected chi connectivity index (χ0v) is 13.0. The summed E-state index contributed by atoms with van der Waals surface area (Å²) in [4.78, 5) is 30.2. The van der Waals surface area contributed by atoms with Crippen molar-refractivity contribution >= 4 is 22.8 Å². The number of nitrogens with zero attached hydrogens (tertiary/aromatic N) is 2. The molecule has 0 aliphatic carbocycles. The van der Waals surface area contributed by atoms with Gasteiger partial charge in [0.25, 0.3) is 0 Å². The molecular weight excluding hydrogens is 294 g/mol. The summed E-state index contributed by atoms with van der Waals surface area (Å²) in [6.45, 7) is 1.84. The molecule has 0 saturated carbocycles. The number of benzene rings is 1. The molecule has 2 heterocycles. The Morgan fingerprint density at radius 1 is 1.39 bits per heavy atom. The Morgan fingerprint density at radius 3 is 3.04 bits per heavy atom. The summed E-state index contributed by atoms with van der Waals surface area (Å²) < 4.78 is 4.71. The van der Waals surface area contributed by atoms with Gasteiger partial charge in [-0.25, -0.2) is 0 Å². The molecule has 120 valence electrons. The number of para-hydroxylation sites is 1. The first-order valence-electron chi connectivity index (χ1n) is 7.60. The molecule has 1 amide bonds. The van der Waals surface area contributed by atoms with Crippen LogP contribution in [-0.4, -0.2) is 48.0 Å². The van der Waals surface area contributed by atoms with Gasteiger partial charge in [0.2, 0.25) is 5.91 Å². The molecule has 2 aromatic rings. The number of hydrogen-bond acceptors (Lipinski definition) is 5. The lowest BCUT2D eigenvalue weighted by Crippen LogP contribution is -2.55. The van der Waals surface area contributed by atoms with E-state index in [4.69, 9.17) is 4.74 Å². The predicted octanol–water partition coefficient (Wildman–Crippen LogP) is 1.10. The first-order chi connectivity index (χ1) is 11.2. The molecule has 1 unspecified atom stereocenters. The molecule has 1 N–H and O–H groups in total. The maximum absolute atomic E-state index is 12.1. The maximum Gasteiger partial charge on any atom is 0.307 e. The van der Waals surface area contributed by atoms with E-state index in [-0.39, 0.29) is 18.3 Å². The van der Waals surface area contributed by atoms with Crippen molar-refractivity contribution in [3.8, 4) is 0 Å². The second kappa shape index (κ2) is 6.75. The topological polar surface area (TPSA) is 71.5 Å². The van der Waals surface area contributed by atoms with Gasteiger partial charge in [-0.15, -0.1) is 0 Å². The number of ether oxygens (including phenoxy) is 1. The minimum Gasteiger partial charge on any atom is -0.469 e. The van der Waals surface area contributed by atoms with Crippen molar-refractivity contribution in [3.63, 3.8) is 0 Å². The number of pyridine rings is 1. The lowest BCUT2D eigenvalue weighted by Gasteiger charge is -2.34. The molecule has 1 aliphatic rings. The summed E-state index contributed by atoms with van der Waals surface area (Å²) in [5.41, 5.74) is 1.98. The van der Waals surface area contributed by atoms with Crippen molar-refractivity contribution in [1.82, 2.24) is 15.2 Å². The third kappa shape index (κ3) is 3.32. The van der Waals surface area contributed by atoms with Crippen LogP contribution in [-0.2, 0) is 20.9 Å². The Kier molecular flexibility index (Phi) is 4.52. The van der Waals surface area contributed by atoms with E-state index in [0.717, 1.165) is 16.5 Å². The van der Waals surface area contributed by atoms with Crippen LogP contribution in [0.3, 0.4) is 0 Å². The number of esters is 1. The minimum absolute atomic E-state index is 0.0561. The first kappa shape index (κ1) is 15.4. The van der Waals surface area contributed by atoms with Gasteiger partial charge < -0.3 is 10.1 Å². The zero-order chi connectivity index (χ0) is 16.2. The Balaban J connectivity index is 1.86. The molecule has 6 heteroatoms. The molecule has 6 nitrogen and oxygen atoms in total. The van der Waals surface area contributed by atoms with Crippen LogP contribution in [0.5, 0.6) is 0 Å². The standard InChI is InChI=1S/C17H19N3O3/c1-23-15(21)10-14-17(22)19-8-9-20(14)11-13-5-2-4-12-6-3-7-18-16(12)13/h2-7,14H,8-11H2,1H3,(H,19,22). The number of rotatable bonds is 4. The van der Waals surface area contributed by atoms with Crippen LogP contribution in [0.15, 0.2) is 36.5 Å². The highest BCUT2D eigenvalue weighted by molar-refractivity contribution is 5.87. The Hall–Kier alpha value is -2.47. The number of carbonyl (C=O) groups is 2. The van der Waals surface area contributed by atoms with Gasteiger partial charge in [0.05, 0.1) is 19.0 Å². The fourth-order valence-corrected chi connectivity index (χ4v) is 2.93. The fourth-order valence-electron chi connectivity index (χ4n) is 2.93. The number of carbonyl (C=O) groups excluding carboxylic acids is 2. The molecule has 1 aliphatic heterocycles. The Morgan fingerprint density at radius 2 is 2.22 bits per heavy atom. The van der Waals surface area contributed by atoms with Crippen LogP contribution in [0.25, 0.3) is 10.9 Å². The van der Waals surface area contributed by atoms with Crippen molar-refractivity contribution in [2.75, 3.05) is 20.2 Å². The van der Waals surface area contributed by atoms with Gasteiger partial charge in [-0.1, -0.05) is 24.3 Å². The summed E-state index contributed by atoms with van der Waals surface area (Å²) in [7, 11) is 1.34. The molecule has 1 atom stereocenters. The van der Waals surface area contributed by atoms with E-state index >= 15 is 0 Å². The molecule has 23 heavy (non-hydrogen) atoms. The minimum atomic E-state index is -0.504. The highest BCUT2D eigenvalue weighted by Crippen LogP contribution is 2.20. The van der Waals surface area contributed by atoms with Gasteiger partial charge >= 0.3 is 5.97 Å². The van der Waals surface area contributed by atoms with Crippen LogP contribution < -0.4 is 5.32 Å². The Labute approximate surface area is 134 Å². The summed E-state index contributed by atoms with van der Waals surface area (Å²) in [5, 5.41) is 3.88. The smallest absolute Gasteiger partial charge is 0.307 e. The van der Waals surface area contributed by atoms with E-state index in [0.29, 0.717) is 19.6 Å². The van der Waals surface area contributed by atoms with Crippen LogP contribution in [0, 0.1) is 0 Å². The van der Waals surface area contributed by atoms with Gasteiger partial charge in [0.15, 0.2) is 0 Å². The number of nitrogens with one attached hydrogen (secondary N) is 1. The second-order valence-electron chi connectivity index (χ2n) is 5.55. The average molecular weight is 313 g/mol. The molecule has 1 fully saturated rings. The van der Waals surface area contributed by atoms with Crippen molar-refractivity contribution in [2.24, 2.45) is 0 Å². The normalized spacial score (nSPS) is 18.7.